The average Bonchev–Trinajstić information content (AvgIpc) is 2.81. The highest BCUT2D eigenvalue weighted by atomic mass is 32.2. The van der Waals surface area contributed by atoms with Gasteiger partial charge in [-0.1, -0.05) is 31.6 Å². The summed E-state index contributed by atoms with van der Waals surface area (Å²) < 4.78 is 24.2. The molecule has 0 heterocycles. The second-order valence-electron chi connectivity index (χ2n) is 8.75. The van der Waals surface area contributed by atoms with E-state index in [1.165, 1.54) is 5.57 Å². The average molecular weight is 353 g/mol. The van der Waals surface area contributed by atoms with Crippen LogP contribution in [0, 0.1) is 17.3 Å². The van der Waals surface area contributed by atoms with E-state index in [0.717, 1.165) is 25.7 Å². The minimum absolute atomic E-state index is 0.0145. The summed E-state index contributed by atoms with van der Waals surface area (Å²) in [5.41, 5.74) is 1.34. The van der Waals surface area contributed by atoms with Gasteiger partial charge in [0.2, 0.25) is 0 Å². The number of carbonyl (C=O) groups excluding carboxylic acids is 1. The molecule has 2 aliphatic carbocycles. The van der Waals surface area contributed by atoms with Crippen molar-refractivity contribution in [3.05, 3.63) is 22.6 Å². The first-order valence-electron chi connectivity index (χ1n) is 9.06. The van der Waals surface area contributed by atoms with Crippen LogP contribution < -0.4 is 0 Å². The molecule has 2 aliphatic rings. The molecule has 136 valence electrons. The van der Waals surface area contributed by atoms with E-state index in [1.807, 2.05) is 6.08 Å². The third-order valence-corrected chi connectivity index (χ3v) is 8.66. The van der Waals surface area contributed by atoms with Crippen molar-refractivity contribution in [2.75, 3.05) is 0 Å². The zero-order valence-corrected chi connectivity index (χ0v) is 16.8. The minimum Gasteiger partial charge on any atom is -0.299 e. The molecule has 0 spiro atoms. The fourth-order valence-electron chi connectivity index (χ4n) is 4.38. The van der Waals surface area contributed by atoms with Crippen LogP contribution in [0.15, 0.2) is 22.6 Å². The van der Waals surface area contributed by atoms with Crippen molar-refractivity contribution < 1.29 is 13.2 Å². The van der Waals surface area contributed by atoms with Crippen molar-refractivity contribution in [1.29, 1.82) is 0 Å². The monoisotopic (exact) mass is 352 g/mol. The molecular formula is C20H32O3S. The Bertz CT molecular complexity index is 676. The Morgan fingerprint density at radius 2 is 2.04 bits per heavy atom. The zero-order valence-electron chi connectivity index (χ0n) is 16.0. The van der Waals surface area contributed by atoms with Crippen molar-refractivity contribution in [2.45, 2.75) is 78.4 Å². The number of rotatable bonds is 4. The Morgan fingerprint density at radius 3 is 2.62 bits per heavy atom. The van der Waals surface area contributed by atoms with Crippen LogP contribution in [0.5, 0.6) is 0 Å². The molecule has 1 fully saturated rings. The lowest BCUT2D eigenvalue weighted by atomic mass is 9.63. The molecule has 0 amide bonds. The quantitative estimate of drug-likeness (QED) is 0.681. The summed E-state index contributed by atoms with van der Waals surface area (Å²) in [5, 5.41) is 0. The Hall–Kier alpha value is -0.900. The third kappa shape index (κ3) is 3.26. The SMILES string of the molecule is C/C(=C\C[C@@H](C)C1=CC[C@H]2C(=O)CCC[C@]12C)S(=O)(=O)C(C)(C)C. The second kappa shape index (κ2) is 6.44. The van der Waals surface area contributed by atoms with Crippen LogP contribution in [0.1, 0.15) is 73.6 Å². The Labute approximate surface area is 147 Å². The Balaban J connectivity index is 2.15. The first-order valence-corrected chi connectivity index (χ1v) is 10.5. The summed E-state index contributed by atoms with van der Waals surface area (Å²) in [6.07, 6.45) is 8.46. The molecule has 3 nitrogen and oxygen atoms in total. The smallest absolute Gasteiger partial charge is 0.178 e. The summed E-state index contributed by atoms with van der Waals surface area (Å²) in [5.74, 6) is 0.826. The summed E-state index contributed by atoms with van der Waals surface area (Å²) in [7, 11) is -3.26. The van der Waals surface area contributed by atoms with Gasteiger partial charge in [-0.2, -0.15) is 0 Å². The lowest BCUT2D eigenvalue weighted by Gasteiger charge is -2.40. The van der Waals surface area contributed by atoms with Gasteiger partial charge < -0.3 is 0 Å². The van der Waals surface area contributed by atoms with Gasteiger partial charge in [-0.15, -0.1) is 0 Å². The lowest BCUT2D eigenvalue weighted by Crippen LogP contribution is -2.36. The molecule has 0 unspecified atom stereocenters. The van der Waals surface area contributed by atoms with Crippen LogP contribution in [-0.2, 0) is 14.6 Å². The van der Waals surface area contributed by atoms with Gasteiger partial charge in [0, 0.05) is 17.2 Å². The van der Waals surface area contributed by atoms with Crippen molar-refractivity contribution >= 4 is 15.6 Å². The maximum atomic E-state index is 12.5. The fourth-order valence-corrected chi connectivity index (χ4v) is 5.66. The molecule has 0 bridgehead atoms. The van der Waals surface area contributed by atoms with Gasteiger partial charge in [0.1, 0.15) is 5.78 Å². The normalized spacial score (nSPS) is 30.1. The molecule has 0 N–H and O–H groups in total. The summed E-state index contributed by atoms with van der Waals surface area (Å²) in [6.45, 7) is 11.3. The zero-order chi connectivity index (χ0) is 18.3. The predicted molar refractivity (Wildman–Crippen MR) is 99.4 cm³/mol. The van der Waals surface area contributed by atoms with Crippen molar-refractivity contribution in [3.8, 4) is 0 Å². The Kier molecular flexibility index (Phi) is 5.21. The number of carbonyl (C=O) groups is 1. The molecule has 2 rings (SSSR count). The highest BCUT2D eigenvalue weighted by Gasteiger charge is 2.47. The van der Waals surface area contributed by atoms with E-state index in [0.29, 0.717) is 17.1 Å². The molecule has 24 heavy (non-hydrogen) atoms. The molecule has 4 heteroatoms. The molecule has 0 aromatic heterocycles. The minimum atomic E-state index is -3.26. The van der Waals surface area contributed by atoms with Crippen LogP contribution in [-0.4, -0.2) is 18.9 Å². The topological polar surface area (TPSA) is 51.2 Å². The van der Waals surface area contributed by atoms with Crippen LogP contribution >= 0.6 is 0 Å². The van der Waals surface area contributed by atoms with E-state index in [2.05, 4.69) is 19.9 Å². The molecular weight excluding hydrogens is 320 g/mol. The molecule has 0 saturated heterocycles. The van der Waals surface area contributed by atoms with Gasteiger partial charge in [0.15, 0.2) is 9.84 Å². The van der Waals surface area contributed by atoms with Crippen molar-refractivity contribution in [1.82, 2.24) is 0 Å². The van der Waals surface area contributed by atoms with Gasteiger partial charge in [-0.05, 0) is 64.7 Å². The molecule has 0 aromatic carbocycles. The van der Waals surface area contributed by atoms with Gasteiger partial charge in [-0.25, -0.2) is 8.42 Å². The number of ketones is 1. The highest BCUT2D eigenvalue weighted by Crippen LogP contribution is 2.53. The number of hydrogen-bond acceptors (Lipinski definition) is 3. The lowest BCUT2D eigenvalue weighted by molar-refractivity contribution is -0.128. The first-order chi connectivity index (χ1) is 10.9. The van der Waals surface area contributed by atoms with Gasteiger partial charge in [0.25, 0.3) is 0 Å². The van der Waals surface area contributed by atoms with E-state index in [1.54, 1.807) is 27.7 Å². The molecule has 0 radical (unpaired) electrons. The third-order valence-electron chi connectivity index (χ3n) is 6.03. The maximum Gasteiger partial charge on any atom is 0.178 e. The van der Waals surface area contributed by atoms with Crippen molar-refractivity contribution in [3.63, 3.8) is 0 Å². The molecule has 0 aliphatic heterocycles. The fraction of sp³-hybridized carbons (Fsp3) is 0.750. The van der Waals surface area contributed by atoms with Gasteiger partial charge in [-0.3, -0.25) is 4.79 Å². The number of hydrogen-bond donors (Lipinski definition) is 0. The molecule has 3 atom stereocenters. The summed E-state index contributed by atoms with van der Waals surface area (Å²) >= 11 is 0. The number of Topliss-reactive ketones (excluding diaryl/α,β-unsaturated/α-hetero) is 1. The molecule has 0 aromatic rings. The standard InChI is InChI=1S/C20H32O3S/c1-14(9-10-15(2)24(22,23)19(3,4)5)16-11-12-17-18(21)8-7-13-20(16,17)6/h10-11,14,17H,7-9,12-13H2,1-6H3/b15-10+/t14-,17+,20-/m1/s1. The van der Waals surface area contributed by atoms with E-state index >= 15 is 0 Å². The number of allylic oxidation sites excluding steroid dienone is 4. The van der Waals surface area contributed by atoms with E-state index in [4.69, 9.17) is 0 Å². The summed E-state index contributed by atoms with van der Waals surface area (Å²) in [4.78, 5) is 12.7. The van der Waals surface area contributed by atoms with E-state index in [9.17, 15) is 13.2 Å². The number of fused-ring (bicyclic) bond motifs is 1. The van der Waals surface area contributed by atoms with Crippen molar-refractivity contribution in [2.24, 2.45) is 17.3 Å². The van der Waals surface area contributed by atoms with Gasteiger partial charge in [0.05, 0.1) is 4.75 Å². The van der Waals surface area contributed by atoms with Crippen LogP contribution in [0.25, 0.3) is 0 Å². The first kappa shape index (κ1) is 19.4. The largest absolute Gasteiger partial charge is 0.299 e. The Morgan fingerprint density at radius 1 is 1.42 bits per heavy atom. The number of sulfone groups is 1. The second-order valence-corrected chi connectivity index (χ2v) is 11.6. The van der Waals surface area contributed by atoms with Crippen LogP contribution in [0.4, 0.5) is 0 Å². The predicted octanol–water partition coefficient (Wildman–Crippen LogP) is 4.84. The summed E-state index contributed by atoms with van der Waals surface area (Å²) in [6, 6.07) is 0. The molecule has 1 saturated carbocycles. The van der Waals surface area contributed by atoms with E-state index < -0.39 is 14.6 Å². The van der Waals surface area contributed by atoms with E-state index in [-0.39, 0.29) is 17.3 Å². The van der Waals surface area contributed by atoms with Crippen LogP contribution in [0.3, 0.4) is 0 Å². The van der Waals surface area contributed by atoms with Gasteiger partial charge >= 0.3 is 0 Å². The van der Waals surface area contributed by atoms with Crippen LogP contribution in [0.2, 0.25) is 0 Å². The highest BCUT2D eigenvalue weighted by molar-refractivity contribution is 7.96. The maximum absolute atomic E-state index is 12.5.